The van der Waals surface area contributed by atoms with Crippen LogP contribution in [-0.2, 0) is 19.0 Å². The zero-order valence-electron chi connectivity index (χ0n) is 23.4. The summed E-state index contributed by atoms with van der Waals surface area (Å²) in [6.07, 6.45) is -0.611. The van der Waals surface area contributed by atoms with Crippen molar-refractivity contribution >= 4 is 0 Å². The van der Waals surface area contributed by atoms with Crippen molar-refractivity contribution in [1.82, 2.24) is 9.78 Å². The third-order valence-electron chi connectivity index (χ3n) is 9.25. The van der Waals surface area contributed by atoms with E-state index >= 15 is 0 Å². The second-order valence-corrected chi connectivity index (χ2v) is 11.6. The fourth-order valence-corrected chi connectivity index (χ4v) is 6.83. The Balaban J connectivity index is 1.23. The van der Waals surface area contributed by atoms with Crippen LogP contribution in [0, 0.1) is 23.6 Å². The van der Waals surface area contributed by atoms with E-state index in [1.54, 1.807) is 12.1 Å². The van der Waals surface area contributed by atoms with Crippen LogP contribution in [-0.4, -0.2) is 21.5 Å². The predicted molar refractivity (Wildman–Crippen MR) is 159 cm³/mol. The topological polar surface area (TPSA) is 38.1 Å². The van der Waals surface area contributed by atoms with Gasteiger partial charge in [-0.05, 0) is 102 Å². The van der Waals surface area contributed by atoms with Gasteiger partial charge in [0.2, 0.25) is 0 Å². The smallest absolute Gasteiger partial charge is 0.396 e. The van der Waals surface area contributed by atoms with Gasteiger partial charge in [0.25, 0.3) is 0 Å². The first-order chi connectivity index (χ1) is 20.8. The van der Waals surface area contributed by atoms with Crippen molar-refractivity contribution < 1.29 is 22.7 Å². The Morgan fingerprint density at radius 3 is 1.72 bits per heavy atom. The molecule has 0 spiro atoms. The number of hydrogen-bond acceptors (Lipinski definition) is 2. The van der Waals surface area contributed by atoms with Crippen LogP contribution in [0.25, 0.3) is 39.2 Å². The van der Waals surface area contributed by atoms with Crippen molar-refractivity contribution in [2.75, 3.05) is 6.61 Å². The first kappa shape index (κ1) is 27.6. The Kier molecular flexibility index (Phi) is 6.93. The Hall–Kier alpha value is -4.23. The van der Waals surface area contributed by atoms with E-state index in [0.29, 0.717) is 17.8 Å². The highest BCUT2D eigenvalue weighted by molar-refractivity contribution is 5.72. The summed E-state index contributed by atoms with van der Waals surface area (Å²) in [5.41, 5.74) is 8.03. The predicted octanol–water partition coefficient (Wildman–Crippen LogP) is 8.76. The second kappa shape index (κ2) is 10.8. The second-order valence-electron chi connectivity index (χ2n) is 11.6. The normalized spacial score (nSPS) is 19.7. The van der Waals surface area contributed by atoms with Crippen molar-refractivity contribution in [1.29, 1.82) is 0 Å². The molecule has 1 heterocycles. The van der Waals surface area contributed by atoms with E-state index in [2.05, 4.69) is 0 Å². The van der Waals surface area contributed by atoms with E-state index < -0.39 is 11.7 Å². The van der Waals surface area contributed by atoms with Crippen LogP contribution in [0.3, 0.4) is 0 Å². The molecule has 5 aromatic rings. The van der Waals surface area contributed by atoms with Crippen LogP contribution in [0.5, 0.6) is 0 Å². The van der Waals surface area contributed by atoms with E-state index in [4.69, 9.17) is 5.10 Å². The summed E-state index contributed by atoms with van der Waals surface area (Å²) >= 11 is 0. The van der Waals surface area contributed by atoms with Crippen LogP contribution < -0.4 is 0 Å². The monoisotopic (exact) mass is 582 g/mol. The molecule has 1 fully saturated rings. The van der Waals surface area contributed by atoms with Gasteiger partial charge in [-0.15, -0.1) is 0 Å². The first-order valence-corrected chi connectivity index (χ1v) is 14.7. The van der Waals surface area contributed by atoms with Gasteiger partial charge in [0.05, 0.1) is 16.9 Å². The maximum absolute atomic E-state index is 13.4. The fraction of sp³-hybridized carbons (Fsp3) is 0.250. The maximum Gasteiger partial charge on any atom is 0.416 e. The molecule has 0 radical (unpaired) electrons. The van der Waals surface area contributed by atoms with Gasteiger partial charge in [0, 0.05) is 23.4 Å². The molecule has 2 aliphatic rings. The molecule has 3 atom stereocenters. The quantitative estimate of drug-likeness (QED) is 0.211. The maximum atomic E-state index is 13.4. The number of benzene rings is 4. The standard InChI is InChI=1S/C36H30F4N2O/c37-28-13-7-24(8-14-28)25-9-15-29(16-10-25)42-34-20-19-31-30(33(31)21-43)17-18-32(34)35(41-42)26-3-1-22(2-4-26)23-5-11-27(12-6-23)36(38,39)40/h1-16,30-31,33,43H,17-21H2/t30-,31+,33-/m0/s1. The van der Waals surface area contributed by atoms with E-state index in [0.717, 1.165) is 77.0 Å². The number of aliphatic hydroxyl groups excluding tert-OH is 1. The fourth-order valence-electron chi connectivity index (χ4n) is 6.83. The third kappa shape index (κ3) is 5.27. The molecule has 1 aromatic heterocycles. The molecule has 2 aliphatic carbocycles. The number of aromatic nitrogens is 2. The SMILES string of the molecule is OC[C@H]1[C@H]2CCc3c(-c4ccc(-c5ccc(C(F)(F)F)cc5)cc4)nn(-c4ccc(-c5ccc(F)cc5)cc4)c3CC[C@@H]12. The molecule has 218 valence electrons. The Morgan fingerprint density at radius 2 is 1.16 bits per heavy atom. The van der Waals surface area contributed by atoms with Crippen LogP contribution in [0.4, 0.5) is 17.6 Å². The summed E-state index contributed by atoms with van der Waals surface area (Å²) in [5.74, 6) is 1.21. The minimum absolute atomic E-state index is 0.237. The van der Waals surface area contributed by atoms with E-state index in [1.165, 1.54) is 35.5 Å². The highest BCUT2D eigenvalue weighted by Crippen LogP contribution is 2.53. The minimum atomic E-state index is -4.36. The lowest BCUT2D eigenvalue weighted by Crippen LogP contribution is -2.07. The van der Waals surface area contributed by atoms with Gasteiger partial charge in [-0.1, -0.05) is 60.7 Å². The Morgan fingerprint density at radius 1 is 0.674 bits per heavy atom. The molecule has 43 heavy (non-hydrogen) atoms. The van der Waals surface area contributed by atoms with Gasteiger partial charge >= 0.3 is 6.18 Å². The van der Waals surface area contributed by atoms with Crippen LogP contribution in [0.15, 0.2) is 97.1 Å². The van der Waals surface area contributed by atoms with Crippen LogP contribution >= 0.6 is 0 Å². The van der Waals surface area contributed by atoms with Crippen molar-refractivity contribution in [3.05, 3.63) is 120 Å². The average molecular weight is 583 g/mol. The molecule has 0 saturated heterocycles. The molecule has 7 heteroatoms. The summed E-state index contributed by atoms with van der Waals surface area (Å²) in [5, 5.41) is 15.0. The Labute approximate surface area is 247 Å². The summed E-state index contributed by atoms with van der Waals surface area (Å²) in [4.78, 5) is 0. The van der Waals surface area contributed by atoms with Crippen molar-refractivity contribution in [2.45, 2.75) is 31.9 Å². The zero-order chi connectivity index (χ0) is 29.7. The molecule has 4 aromatic carbocycles. The molecule has 1 N–H and O–H groups in total. The minimum Gasteiger partial charge on any atom is -0.396 e. The summed E-state index contributed by atoms with van der Waals surface area (Å²) < 4.78 is 54.5. The number of alkyl halides is 3. The molecule has 0 unspecified atom stereocenters. The molecular weight excluding hydrogens is 552 g/mol. The molecule has 1 saturated carbocycles. The van der Waals surface area contributed by atoms with Crippen molar-refractivity contribution in [3.63, 3.8) is 0 Å². The summed E-state index contributed by atoms with van der Waals surface area (Å²) in [7, 11) is 0. The largest absolute Gasteiger partial charge is 0.416 e. The average Bonchev–Trinajstić information content (AvgIpc) is 3.56. The van der Waals surface area contributed by atoms with Gasteiger partial charge in [-0.3, -0.25) is 0 Å². The van der Waals surface area contributed by atoms with Crippen LogP contribution in [0.1, 0.15) is 29.7 Å². The van der Waals surface area contributed by atoms with E-state index in [-0.39, 0.29) is 12.4 Å². The number of fused-ring (bicyclic) bond motifs is 2. The lowest BCUT2D eigenvalue weighted by Gasteiger charge is -2.13. The summed E-state index contributed by atoms with van der Waals surface area (Å²) in [6.45, 7) is 0.237. The number of halogens is 4. The van der Waals surface area contributed by atoms with Gasteiger partial charge in [0.1, 0.15) is 5.82 Å². The molecule has 0 aliphatic heterocycles. The number of rotatable bonds is 5. The molecule has 0 bridgehead atoms. The lowest BCUT2D eigenvalue weighted by molar-refractivity contribution is -0.137. The van der Waals surface area contributed by atoms with Gasteiger partial charge in [-0.2, -0.15) is 18.3 Å². The number of nitrogens with zero attached hydrogens (tertiary/aromatic N) is 2. The highest BCUT2D eigenvalue weighted by atomic mass is 19.4. The molecular formula is C36H30F4N2O. The van der Waals surface area contributed by atoms with Gasteiger partial charge in [-0.25, -0.2) is 9.07 Å². The molecule has 3 nitrogen and oxygen atoms in total. The number of aliphatic hydroxyl groups is 1. The Bertz CT molecular complexity index is 1740. The molecule has 7 rings (SSSR count). The number of hydrogen-bond donors (Lipinski definition) is 1. The highest BCUT2D eigenvalue weighted by Gasteiger charge is 2.49. The van der Waals surface area contributed by atoms with Crippen LogP contribution in [0.2, 0.25) is 0 Å². The van der Waals surface area contributed by atoms with E-state index in [9.17, 15) is 22.7 Å². The molecule has 0 amide bonds. The van der Waals surface area contributed by atoms with Crippen molar-refractivity contribution in [3.8, 4) is 39.2 Å². The van der Waals surface area contributed by atoms with E-state index in [1.807, 2.05) is 53.2 Å². The van der Waals surface area contributed by atoms with Crippen molar-refractivity contribution in [2.24, 2.45) is 17.8 Å². The third-order valence-corrected chi connectivity index (χ3v) is 9.25. The first-order valence-electron chi connectivity index (χ1n) is 14.7. The zero-order valence-corrected chi connectivity index (χ0v) is 23.4. The summed E-state index contributed by atoms with van der Waals surface area (Å²) in [6, 6.07) is 27.7. The van der Waals surface area contributed by atoms with Gasteiger partial charge < -0.3 is 5.11 Å². The lowest BCUT2D eigenvalue weighted by atomic mass is 9.94. The van der Waals surface area contributed by atoms with Gasteiger partial charge in [0.15, 0.2) is 0 Å².